The van der Waals surface area contributed by atoms with Crippen LogP contribution in [0.5, 0.6) is 5.88 Å². The number of amides is 1. The van der Waals surface area contributed by atoms with Crippen LogP contribution in [0.15, 0.2) is 6.20 Å². The van der Waals surface area contributed by atoms with Gasteiger partial charge in [-0.05, 0) is 20.1 Å². The minimum Gasteiger partial charge on any atom is -0.478 e. The predicted octanol–water partition coefficient (Wildman–Crippen LogP) is 2.32. The molecule has 2 heterocycles. The SMILES string of the molecule is COc1nncc2c1NC(=S)C(CSC)N2C(=O)OC(C)C. The molecule has 7 nitrogen and oxygen atoms in total. The van der Waals surface area contributed by atoms with Crippen LogP contribution in [0.3, 0.4) is 0 Å². The maximum Gasteiger partial charge on any atom is 0.415 e. The van der Waals surface area contributed by atoms with E-state index in [-0.39, 0.29) is 18.0 Å². The molecule has 9 heteroatoms. The van der Waals surface area contributed by atoms with Crippen LogP contribution in [0, 0.1) is 0 Å². The molecule has 120 valence electrons. The number of ether oxygens (including phenoxy) is 2. The highest BCUT2D eigenvalue weighted by Crippen LogP contribution is 2.38. The first-order valence-electron chi connectivity index (χ1n) is 6.68. The van der Waals surface area contributed by atoms with Crippen molar-refractivity contribution in [1.29, 1.82) is 0 Å². The number of nitrogens with one attached hydrogen (secondary N) is 1. The molecule has 1 aliphatic rings. The number of carbonyl (C=O) groups excluding carboxylic acids is 1. The van der Waals surface area contributed by atoms with Gasteiger partial charge in [-0.1, -0.05) is 12.2 Å². The fourth-order valence-electron chi connectivity index (χ4n) is 2.09. The van der Waals surface area contributed by atoms with Crippen molar-refractivity contribution in [1.82, 2.24) is 10.2 Å². The maximum absolute atomic E-state index is 12.5. The van der Waals surface area contributed by atoms with Gasteiger partial charge in [0.2, 0.25) is 0 Å². The Morgan fingerprint density at radius 3 is 2.91 bits per heavy atom. The van der Waals surface area contributed by atoms with Gasteiger partial charge in [-0.2, -0.15) is 16.9 Å². The molecule has 0 aromatic carbocycles. The number of aromatic nitrogens is 2. The first kappa shape index (κ1) is 16.8. The van der Waals surface area contributed by atoms with Gasteiger partial charge < -0.3 is 14.8 Å². The van der Waals surface area contributed by atoms with E-state index in [2.05, 4.69) is 15.5 Å². The van der Waals surface area contributed by atoms with Gasteiger partial charge in [0, 0.05) is 5.75 Å². The minimum absolute atomic E-state index is 0.231. The second-order valence-corrected chi connectivity index (χ2v) is 6.23. The molecular formula is C13H18N4O3S2. The van der Waals surface area contributed by atoms with Crippen molar-refractivity contribution in [2.24, 2.45) is 0 Å². The van der Waals surface area contributed by atoms with Crippen molar-refractivity contribution in [3.63, 3.8) is 0 Å². The summed E-state index contributed by atoms with van der Waals surface area (Å²) < 4.78 is 10.5. The van der Waals surface area contributed by atoms with Gasteiger partial charge in [-0.15, -0.1) is 5.10 Å². The van der Waals surface area contributed by atoms with Crippen molar-refractivity contribution < 1.29 is 14.3 Å². The van der Waals surface area contributed by atoms with Gasteiger partial charge in [0.1, 0.15) is 10.7 Å². The summed E-state index contributed by atoms with van der Waals surface area (Å²) in [5.74, 6) is 0.924. The molecule has 0 fully saturated rings. The van der Waals surface area contributed by atoms with Gasteiger partial charge in [0.05, 0.1) is 31.1 Å². The zero-order valence-corrected chi connectivity index (χ0v) is 14.5. The Kier molecular flexibility index (Phi) is 5.41. The van der Waals surface area contributed by atoms with Crippen LogP contribution in [0.25, 0.3) is 0 Å². The Labute approximate surface area is 138 Å². The second kappa shape index (κ2) is 7.10. The molecule has 1 aromatic rings. The summed E-state index contributed by atoms with van der Waals surface area (Å²) in [5, 5.41) is 10.9. The van der Waals surface area contributed by atoms with E-state index in [4.69, 9.17) is 21.7 Å². The van der Waals surface area contributed by atoms with E-state index in [1.165, 1.54) is 18.2 Å². The second-order valence-electron chi connectivity index (χ2n) is 4.88. The standard InChI is InChI=1S/C13H18N4O3S2/c1-7(2)20-13(18)17-8-5-14-16-11(19-3)10(8)15-12(21)9(17)6-22-4/h5,7,9H,6H2,1-4H3,(H,15,21). The van der Waals surface area contributed by atoms with Crippen LogP contribution in [0.1, 0.15) is 13.8 Å². The van der Waals surface area contributed by atoms with Crippen LogP contribution in [-0.4, -0.2) is 52.5 Å². The average Bonchev–Trinajstić information content (AvgIpc) is 2.46. The Bertz CT molecular complexity index is 582. The number of fused-ring (bicyclic) bond motifs is 1. The Morgan fingerprint density at radius 1 is 1.59 bits per heavy atom. The molecule has 0 saturated carbocycles. The number of nitrogens with zero attached hydrogens (tertiary/aromatic N) is 3. The maximum atomic E-state index is 12.5. The molecule has 1 aliphatic heterocycles. The third-order valence-corrected chi connectivity index (χ3v) is 3.99. The van der Waals surface area contributed by atoms with Gasteiger partial charge in [0.25, 0.3) is 5.88 Å². The fraction of sp³-hybridized carbons (Fsp3) is 0.538. The molecular weight excluding hydrogens is 324 g/mol. The largest absolute Gasteiger partial charge is 0.478 e. The van der Waals surface area contributed by atoms with Crippen LogP contribution in [0.2, 0.25) is 0 Å². The van der Waals surface area contributed by atoms with Crippen LogP contribution in [0.4, 0.5) is 16.2 Å². The van der Waals surface area contributed by atoms with Crippen molar-refractivity contribution in [2.45, 2.75) is 26.0 Å². The summed E-state index contributed by atoms with van der Waals surface area (Å²) in [7, 11) is 1.49. The molecule has 0 saturated heterocycles. The smallest absolute Gasteiger partial charge is 0.415 e. The zero-order valence-electron chi connectivity index (χ0n) is 12.8. The van der Waals surface area contributed by atoms with Gasteiger partial charge in [-0.25, -0.2) is 4.79 Å². The Balaban J connectivity index is 2.49. The first-order chi connectivity index (χ1) is 10.5. The summed E-state index contributed by atoms with van der Waals surface area (Å²) in [6.45, 7) is 3.60. The molecule has 2 rings (SSSR count). The number of thiocarbonyl (C=S) groups is 1. The number of carbonyl (C=O) groups is 1. The molecule has 1 unspecified atom stereocenters. The number of methoxy groups -OCH3 is 1. The van der Waals surface area contributed by atoms with E-state index in [0.29, 0.717) is 22.1 Å². The van der Waals surface area contributed by atoms with Gasteiger partial charge in [-0.3, -0.25) is 4.90 Å². The predicted molar refractivity (Wildman–Crippen MR) is 91.1 cm³/mol. The van der Waals surface area contributed by atoms with Crippen molar-refractivity contribution in [3.8, 4) is 5.88 Å². The topological polar surface area (TPSA) is 76.6 Å². The van der Waals surface area contributed by atoms with E-state index >= 15 is 0 Å². The molecule has 0 bridgehead atoms. The molecule has 22 heavy (non-hydrogen) atoms. The third-order valence-electron chi connectivity index (χ3n) is 2.97. The van der Waals surface area contributed by atoms with Crippen LogP contribution < -0.4 is 15.0 Å². The van der Waals surface area contributed by atoms with Crippen molar-refractivity contribution in [3.05, 3.63) is 6.20 Å². The van der Waals surface area contributed by atoms with E-state index in [1.807, 2.05) is 6.26 Å². The summed E-state index contributed by atoms with van der Waals surface area (Å²) in [4.78, 5) is 14.6. The number of thioether (sulfide) groups is 1. The summed E-state index contributed by atoms with van der Waals surface area (Å²) in [5.41, 5.74) is 1.07. The third kappa shape index (κ3) is 3.25. The summed E-state index contributed by atoms with van der Waals surface area (Å²) in [6.07, 6.45) is 2.76. The first-order valence-corrected chi connectivity index (χ1v) is 8.49. The zero-order chi connectivity index (χ0) is 16.3. The summed E-state index contributed by atoms with van der Waals surface area (Å²) in [6, 6.07) is -0.308. The number of rotatable bonds is 4. The fourth-order valence-corrected chi connectivity index (χ4v) is 3.11. The lowest BCUT2D eigenvalue weighted by Crippen LogP contribution is -2.52. The monoisotopic (exact) mass is 342 g/mol. The molecule has 0 aliphatic carbocycles. The van der Waals surface area contributed by atoms with Crippen molar-refractivity contribution >= 4 is 46.4 Å². The van der Waals surface area contributed by atoms with E-state index in [0.717, 1.165) is 0 Å². The lowest BCUT2D eigenvalue weighted by atomic mass is 10.1. The molecule has 1 aromatic heterocycles. The summed E-state index contributed by atoms with van der Waals surface area (Å²) >= 11 is 7.00. The van der Waals surface area contributed by atoms with Crippen LogP contribution in [-0.2, 0) is 4.74 Å². The molecule has 0 spiro atoms. The number of hydrogen-bond donors (Lipinski definition) is 1. The Hall–Kier alpha value is -1.61. The quantitative estimate of drug-likeness (QED) is 0.836. The average molecular weight is 342 g/mol. The van der Waals surface area contributed by atoms with Gasteiger partial charge in [0.15, 0.2) is 0 Å². The minimum atomic E-state index is -0.464. The van der Waals surface area contributed by atoms with Crippen molar-refractivity contribution in [2.75, 3.05) is 29.3 Å². The lowest BCUT2D eigenvalue weighted by molar-refractivity contribution is 0.122. The number of hydrogen-bond acceptors (Lipinski definition) is 7. The highest BCUT2D eigenvalue weighted by atomic mass is 32.2. The highest BCUT2D eigenvalue weighted by molar-refractivity contribution is 7.98. The van der Waals surface area contributed by atoms with E-state index in [9.17, 15) is 4.79 Å². The van der Waals surface area contributed by atoms with E-state index in [1.54, 1.807) is 25.6 Å². The lowest BCUT2D eigenvalue weighted by Gasteiger charge is -2.37. The highest BCUT2D eigenvalue weighted by Gasteiger charge is 2.37. The molecule has 1 amide bonds. The van der Waals surface area contributed by atoms with Gasteiger partial charge >= 0.3 is 6.09 Å². The normalized spacial score (nSPS) is 17.0. The van der Waals surface area contributed by atoms with E-state index < -0.39 is 6.09 Å². The molecule has 1 atom stereocenters. The number of anilines is 2. The molecule has 1 N–H and O–H groups in total. The van der Waals surface area contributed by atoms with Crippen LogP contribution >= 0.6 is 24.0 Å². The Morgan fingerprint density at radius 2 is 2.32 bits per heavy atom. The molecule has 0 radical (unpaired) electrons.